The van der Waals surface area contributed by atoms with Crippen LogP contribution in [0.1, 0.15) is 13.8 Å². The van der Waals surface area contributed by atoms with E-state index >= 15 is 0 Å². The predicted octanol–water partition coefficient (Wildman–Crippen LogP) is 1.10. The smallest absolute Gasteiger partial charge is 0.0299 e. The molecule has 0 unspecified atom stereocenters. The zero-order valence-corrected chi connectivity index (χ0v) is 6.29. The Balaban J connectivity index is 2.01. The van der Waals surface area contributed by atoms with Crippen LogP contribution in [0.3, 0.4) is 0 Å². The molecule has 0 aromatic rings. The van der Waals surface area contributed by atoms with Crippen LogP contribution >= 0.6 is 11.8 Å². The van der Waals surface area contributed by atoms with Crippen molar-refractivity contribution >= 4 is 11.8 Å². The quantitative estimate of drug-likeness (QED) is 0.602. The van der Waals surface area contributed by atoms with Crippen molar-refractivity contribution in [1.29, 1.82) is 0 Å². The molecule has 0 aromatic carbocycles. The third kappa shape index (κ3) is 1.67. The second-order valence-corrected chi connectivity index (χ2v) is 4.35. The molecule has 1 heterocycles. The van der Waals surface area contributed by atoms with Gasteiger partial charge >= 0.3 is 0 Å². The monoisotopic (exact) mass is 131 g/mol. The molecule has 0 aliphatic carbocycles. The summed E-state index contributed by atoms with van der Waals surface area (Å²) in [6, 6.07) is 0. The van der Waals surface area contributed by atoms with Crippen LogP contribution in [0.2, 0.25) is 0 Å². The highest BCUT2D eigenvalue weighted by molar-refractivity contribution is 8.00. The number of hydrogen-bond donors (Lipinski definition) is 1. The van der Waals surface area contributed by atoms with Gasteiger partial charge in [-0.05, 0) is 5.25 Å². The summed E-state index contributed by atoms with van der Waals surface area (Å²) in [5, 5.41) is 4.97. The summed E-state index contributed by atoms with van der Waals surface area (Å²) in [5.74, 6) is 0. The van der Waals surface area contributed by atoms with E-state index in [4.69, 9.17) is 0 Å². The van der Waals surface area contributed by atoms with Crippen molar-refractivity contribution in [2.24, 2.45) is 0 Å². The maximum absolute atomic E-state index is 3.25. The van der Waals surface area contributed by atoms with Crippen molar-refractivity contribution < 1.29 is 0 Å². The van der Waals surface area contributed by atoms with Crippen molar-refractivity contribution in [2.75, 3.05) is 13.1 Å². The van der Waals surface area contributed by atoms with Gasteiger partial charge < -0.3 is 5.32 Å². The molecule has 1 fully saturated rings. The standard InChI is InChI=1S/C6H13NS/c1-5(2)8-6-3-7-4-6/h5-7H,3-4H2,1-2H3. The van der Waals surface area contributed by atoms with Gasteiger partial charge in [-0.1, -0.05) is 13.8 Å². The zero-order chi connectivity index (χ0) is 5.98. The van der Waals surface area contributed by atoms with Crippen LogP contribution in [-0.2, 0) is 0 Å². The molecule has 0 aromatic heterocycles. The number of rotatable bonds is 2. The van der Waals surface area contributed by atoms with E-state index in [2.05, 4.69) is 30.9 Å². The lowest BCUT2D eigenvalue weighted by atomic mass is 10.3. The summed E-state index contributed by atoms with van der Waals surface area (Å²) in [5.41, 5.74) is 0. The van der Waals surface area contributed by atoms with E-state index in [-0.39, 0.29) is 0 Å². The molecule has 0 atom stereocenters. The van der Waals surface area contributed by atoms with Crippen LogP contribution in [0.15, 0.2) is 0 Å². The lowest BCUT2D eigenvalue weighted by Gasteiger charge is -2.27. The fourth-order valence-corrected chi connectivity index (χ4v) is 1.94. The second-order valence-electron chi connectivity index (χ2n) is 2.47. The van der Waals surface area contributed by atoms with E-state index in [9.17, 15) is 0 Å². The molecule has 0 radical (unpaired) electrons. The Hall–Kier alpha value is 0.310. The van der Waals surface area contributed by atoms with Gasteiger partial charge in [-0.3, -0.25) is 0 Å². The highest BCUT2D eigenvalue weighted by Crippen LogP contribution is 2.19. The van der Waals surface area contributed by atoms with Gasteiger partial charge in [-0.2, -0.15) is 11.8 Å². The molecule has 2 heteroatoms. The van der Waals surface area contributed by atoms with Crippen LogP contribution in [0.4, 0.5) is 0 Å². The van der Waals surface area contributed by atoms with Crippen molar-refractivity contribution in [3.8, 4) is 0 Å². The summed E-state index contributed by atoms with van der Waals surface area (Å²) in [4.78, 5) is 0. The van der Waals surface area contributed by atoms with E-state index in [1.54, 1.807) is 0 Å². The minimum atomic E-state index is 0.807. The zero-order valence-electron chi connectivity index (χ0n) is 5.48. The molecule has 8 heavy (non-hydrogen) atoms. The average molecular weight is 131 g/mol. The first-order valence-corrected chi connectivity index (χ1v) is 4.09. The van der Waals surface area contributed by atoms with E-state index in [0.717, 1.165) is 10.5 Å². The highest BCUT2D eigenvalue weighted by atomic mass is 32.2. The minimum absolute atomic E-state index is 0.807. The van der Waals surface area contributed by atoms with Gasteiger partial charge in [0.15, 0.2) is 0 Å². The summed E-state index contributed by atoms with van der Waals surface area (Å²) in [6.45, 7) is 6.96. The number of thioether (sulfide) groups is 1. The molecule has 0 amide bonds. The maximum atomic E-state index is 3.25. The third-order valence-corrected chi connectivity index (χ3v) is 2.47. The van der Waals surface area contributed by atoms with Crippen molar-refractivity contribution in [3.05, 3.63) is 0 Å². The first kappa shape index (κ1) is 6.43. The van der Waals surface area contributed by atoms with Crippen LogP contribution < -0.4 is 5.32 Å². The van der Waals surface area contributed by atoms with Crippen LogP contribution in [0, 0.1) is 0 Å². The average Bonchev–Trinajstić information content (AvgIpc) is 1.55. The first-order chi connectivity index (χ1) is 3.79. The molecule has 1 aliphatic rings. The molecule has 1 aliphatic heterocycles. The van der Waals surface area contributed by atoms with Gasteiger partial charge in [-0.25, -0.2) is 0 Å². The minimum Gasteiger partial charge on any atom is -0.314 e. The SMILES string of the molecule is CC(C)SC1CNC1. The molecule has 1 N–H and O–H groups in total. The largest absolute Gasteiger partial charge is 0.314 e. The fraction of sp³-hybridized carbons (Fsp3) is 1.00. The van der Waals surface area contributed by atoms with Gasteiger partial charge in [0.1, 0.15) is 0 Å². The van der Waals surface area contributed by atoms with Crippen LogP contribution in [-0.4, -0.2) is 23.6 Å². The summed E-state index contributed by atoms with van der Waals surface area (Å²) in [6.07, 6.45) is 0. The van der Waals surface area contributed by atoms with Crippen LogP contribution in [0.5, 0.6) is 0 Å². The van der Waals surface area contributed by atoms with E-state index in [1.165, 1.54) is 13.1 Å². The molecule has 0 spiro atoms. The van der Waals surface area contributed by atoms with Gasteiger partial charge in [0.2, 0.25) is 0 Å². The molecule has 1 rings (SSSR count). The first-order valence-electron chi connectivity index (χ1n) is 3.15. The summed E-state index contributed by atoms with van der Waals surface area (Å²) >= 11 is 2.08. The molecule has 48 valence electrons. The lowest BCUT2D eigenvalue weighted by molar-refractivity contribution is 0.542. The Morgan fingerprint density at radius 2 is 2.12 bits per heavy atom. The summed E-state index contributed by atoms with van der Waals surface area (Å²) in [7, 11) is 0. The summed E-state index contributed by atoms with van der Waals surface area (Å²) < 4.78 is 0. The fourth-order valence-electron chi connectivity index (χ4n) is 0.743. The van der Waals surface area contributed by atoms with Crippen molar-refractivity contribution in [2.45, 2.75) is 24.3 Å². The van der Waals surface area contributed by atoms with Crippen molar-refractivity contribution in [3.63, 3.8) is 0 Å². The van der Waals surface area contributed by atoms with E-state index in [0.29, 0.717) is 0 Å². The van der Waals surface area contributed by atoms with E-state index in [1.807, 2.05) is 0 Å². The van der Waals surface area contributed by atoms with Crippen LogP contribution in [0.25, 0.3) is 0 Å². The lowest BCUT2D eigenvalue weighted by Crippen LogP contribution is -2.45. The topological polar surface area (TPSA) is 12.0 Å². The van der Waals surface area contributed by atoms with Gasteiger partial charge in [-0.15, -0.1) is 0 Å². The molecule has 1 saturated heterocycles. The van der Waals surface area contributed by atoms with Gasteiger partial charge in [0, 0.05) is 18.3 Å². The number of nitrogens with one attached hydrogen (secondary N) is 1. The maximum Gasteiger partial charge on any atom is 0.0299 e. The van der Waals surface area contributed by atoms with Crippen molar-refractivity contribution in [1.82, 2.24) is 5.32 Å². The Morgan fingerprint density at radius 3 is 2.25 bits per heavy atom. The number of hydrogen-bond acceptors (Lipinski definition) is 2. The highest BCUT2D eigenvalue weighted by Gasteiger charge is 2.17. The Bertz CT molecular complexity index is 68.9. The molecular weight excluding hydrogens is 118 g/mol. The molecule has 0 bridgehead atoms. The Labute approximate surface area is 55.2 Å². The Morgan fingerprint density at radius 1 is 1.50 bits per heavy atom. The third-order valence-electron chi connectivity index (χ3n) is 1.21. The van der Waals surface area contributed by atoms with Gasteiger partial charge in [0.25, 0.3) is 0 Å². The van der Waals surface area contributed by atoms with Gasteiger partial charge in [0.05, 0.1) is 0 Å². The second kappa shape index (κ2) is 2.74. The molecular formula is C6H13NS. The predicted molar refractivity (Wildman–Crippen MR) is 39.4 cm³/mol. The molecule has 1 nitrogen and oxygen atoms in total. The molecule has 0 saturated carbocycles. The van der Waals surface area contributed by atoms with E-state index < -0.39 is 0 Å². The Kier molecular flexibility index (Phi) is 2.20. The normalized spacial score (nSPS) is 21.4.